The summed E-state index contributed by atoms with van der Waals surface area (Å²) in [7, 11) is 2.51. The molecule has 6 heteroatoms. The van der Waals surface area contributed by atoms with Gasteiger partial charge in [-0.3, -0.25) is 9.59 Å². The first-order chi connectivity index (χ1) is 8.83. The van der Waals surface area contributed by atoms with Crippen LogP contribution in [-0.2, 0) is 23.9 Å². The number of rotatable bonds is 7. The third-order valence-corrected chi connectivity index (χ3v) is 3.08. The highest BCUT2D eigenvalue weighted by Gasteiger charge is 2.25. The Kier molecular flexibility index (Phi) is 7.79. The van der Waals surface area contributed by atoms with Crippen LogP contribution in [-0.4, -0.2) is 38.1 Å². The smallest absolute Gasteiger partial charge is 0.328 e. The van der Waals surface area contributed by atoms with E-state index in [1.807, 2.05) is 13.8 Å². The number of nitrogens with one attached hydrogen (secondary N) is 1. The molecular weight excluding hydrogens is 250 g/mol. The van der Waals surface area contributed by atoms with Crippen molar-refractivity contribution in [2.24, 2.45) is 11.8 Å². The fourth-order valence-corrected chi connectivity index (χ4v) is 1.36. The predicted molar refractivity (Wildman–Crippen MR) is 69.2 cm³/mol. The summed E-state index contributed by atoms with van der Waals surface area (Å²) in [6.45, 7) is 5.63. The van der Waals surface area contributed by atoms with Gasteiger partial charge in [-0.15, -0.1) is 0 Å². The van der Waals surface area contributed by atoms with Gasteiger partial charge in [-0.05, 0) is 12.3 Å². The molecule has 6 nitrogen and oxygen atoms in total. The number of carbonyl (C=O) groups excluding carboxylic acids is 3. The monoisotopic (exact) mass is 273 g/mol. The van der Waals surface area contributed by atoms with Gasteiger partial charge in [0.15, 0.2) is 0 Å². The summed E-state index contributed by atoms with van der Waals surface area (Å²) >= 11 is 0. The van der Waals surface area contributed by atoms with Crippen LogP contribution in [0.4, 0.5) is 0 Å². The van der Waals surface area contributed by atoms with Crippen LogP contribution < -0.4 is 5.32 Å². The summed E-state index contributed by atoms with van der Waals surface area (Å²) in [4.78, 5) is 34.5. The van der Waals surface area contributed by atoms with Gasteiger partial charge in [0, 0.05) is 12.3 Å². The van der Waals surface area contributed by atoms with Crippen molar-refractivity contribution in [2.45, 2.75) is 39.7 Å². The van der Waals surface area contributed by atoms with Crippen LogP contribution in [0.5, 0.6) is 0 Å². The molecule has 0 aromatic carbocycles. The molecule has 1 amide bonds. The Balaban J connectivity index is 4.55. The van der Waals surface area contributed by atoms with Crippen molar-refractivity contribution in [1.82, 2.24) is 5.32 Å². The van der Waals surface area contributed by atoms with Gasteiger partial charge >= 0.3 is 11.9 Å². The molecule has 0 aromatic rings. The zero-order valence-corrected chi connectivity index (χ0v) is 12.2. The van der Waals surface area contributed by atoms with Gasteiger partial charge in [-0.25, -0.2) is 4.79 Å². The molecule has 1 N–H and O–H groups in total. The second-order valence-corrected chi connectivity index (χ2v) is 4.73. The van der Waals surface area contributed by atoms with Gasteiger partial charge in [0.05, 0.1) is 14.2 Å². The van der Waals surface area contributed by atoms with E-state index in [1.165, 1.54) is 14.2 Å². The lowest BCUT2D eigenvalue weighted by molar-refractivity contribution is -0.147. The SMILES string of the molecule is COC(=O)CC[C@H](NC(=O)C(C)C(C)C)C(=O)OC. The normalized spacial score (nSPS) is 13.6. The zero-order chi connectivity index (χ0) is 15.0. The van der Waals surface area contributed by atoms with E-state index < -0.39 is 18.0 Å². The van der Waals surface area contributed by atoms with Gasteiger partial charge in [0.2, 0.25) is 5.91 Å². The summed E-state index contributed by atoms with van der Waals surface area (Å²) in [5.74, 6) is -1.27. The predicted octanol–water partition coefficient (Wildman–Crippen LogP) is 0.889. The fraction of sp³-hybridized carbons (Fsp3) is 0.769. The topological polar surface area (TPSA) is 81.7 Å². The van der Waals surface area contributed by atoms with E-state index in [2.05, 4.69) is 14.8 Å². The van der Waals surface area contributed by atoms with E-state index in [4.69, 9.17) is 0 Å². The Labute approximate surface area is 113 Å². The molecule has 0 rings (SSSR count). The lowest BCUT2D eigenvalue weighted by atomic mass is 9.96. The molecular formula is C13H23NO5. The summed E-state index contributed by atoms with van der Waals surface area (Å²) in [6.07, 6.45) is 0.211. The summed E-state index contributed by atoms with van der Waals surface area (Å²) in [5.41, 5.74) is 0. The summed E-state index contributed by atoms with van der Waals surface area (Å²) in [5, 5.41) is 2.61. The number of hydrogen-bond acceptors (Lipinski definition) is 5. The molecule has 0 aliphatic heterocycles. The van der Waals surface area contributed by atoms with Crippen molar-refractivity contribution in [3.63, 3.8) is 0 Å². The van der Waals surface area contributed by atoms with Crippen molar-refractivity contribution in [2.75, 3.05) is 14.2 Å². The van der Waals surface area contributed by atoms with E-state index in [0.29, 0.717) is 0 Å². The third kappa shape index (κ3) is 6.22. The minimum atomic E-state index is -0.821. The molecule has 0 bridgehead atoms. The highest BCUT2D eigenvalue weighted by Crippen LogP contribution is 2.11. The lowest BCUT2D eigenvalue weighted by Gasteiger charge is -2.20. The van der Waals surface area contributed by atoms with E-state index >= 15 is 0 Å². The van der Waals surface area contributed by atoms with Crippen LogP contribution in [0.1, 0.15) is 33.6 Å². The first-order valence-corrected chi connectivity index (χ1v) is 6.28. The second kappa shape index (κ2) is 8.50. The molecule has 0 heterocycles. The maximum absolute atomic E-state index is 11.9. The lowest BCUT2D eigenvalue weighted by Crippen LogP contribution is -2.44. The molecule has 0 saturated carbocycles. The number of esters is 2. The Morgan fingerprint density at radius 2 is 1.63 bits per heavy atom. The number of carbonyl (C=O) groups is 3. The fourth-order valence-electron chi connectivity index (χ4n) is 1.36. The van der Waals surface area contributed by atoms with E-state index in [1.54, 1.807) is 6.92 Å². The van der Waals surface area contributed by atoms with Gasteiger partial charge in [0.1, 0.15) is 6.04 Å². The molecule has 0 saturated heterocycles. The van der Waals surface area contributed by atoms with Crippen molar-refractivity contribution in [3.8, 4) is 0 Å². The van der Waals surface area contributed by atoms with Crippen molar-refractivity contribution >= 4 is 17.8 Å². The van der Waals surface area contributed by atoms with Crippen LogP contribution in [0.25, 0.3) is 0 Å². The molecule has 2 atom stereocenters. The quantitative estimate of drug-likeness (QED) is 0.697. The first-order valence-electron chi connectivity index (χ1n) is 6.28. The molecule has 0 aliphatic rings. The van der Waals surface area contributed by atoms with E-state index in [9.17, 15) is 14.4 Å². The molecule has 0 aliphatic carbocycles. The molecule has 1 unspecified atom stereocenters. The van der Waals surface area contributed by atoms with Gasteiger partial charge in [-0.2, -0.15) is 0 Å². The standard InChI is InChI=1S/C13H23NO5/c1-8(2)9(3)12(16)14-10(13(17)19-5)6-7-11(15)18-4/h8-10H,6-7H2,1-5H3,(H,14,16)/t9?,10-/m0/s1. The average Bonchev–Trinajstić information content (AvgIpc) is 2.40. The Morgan fingerprint density at radius 3 is 2.05 bits per heavy atom. The van der Waals surface area contributed by atoms with E-state index in [-0.39, 0.29) is 30.6 Å². The van der Waals surface area contributed by atoms with Crippen molar-refractivity contribution in [1.29, 1.82) is 0 Å². The molecule has 0 aromatic heterocycles. The van der Waals surface area contributed by atoms with Crippen molar-refractivity contribution < 1.29 is 23.9 Å². The minimum absolute atomic E-state index is 0.0482. The second-order valence-electron chi connectivity index (χ2n) is 4.73. The molecule has 0 spiro atoms. The minimum Gasteiger partial charge on any atom is -0.469 e. The van der Waals surface area contributed by atoms with Crippen LogP contribution in [0.2, 0.25) is 0 Å². The Hall–Kier alpha value is -1.59. The molecule has 19 heavy (non-hydrogen) atoms. The Bertz CT molecular complexity index is 327. The Morgan fingerprint density at radius 1 is 1.05 bits per heavy atom. The van der Waals surface area contributed by atoms with Crippen LogP contribution in [0, 0.1) is 11.8 Å². The number of ether oxygens (including phenoxy) is 2. The summed E-state index contributed by atoms with van der Waals surface area (Å²) < 4.78 is 9.11. The largest absolute Gasteiger partial charge is 0.469 e. The number of hydrogen-bond donors (Lipinski definition) is 1. The molecule has 0 fully saturated rings. The number of methoxy groups -OCH3 is 2. The molecule has 0 radical (unpaired) electrons. The average molecular weight is 273 g/mol. The van der Waals surface area contributed by atoms with Gasteiger partial charge in [-0.1, -0.05) is 20.8 Å². The van der Waals surface area contributed by atoms with Crippen molar-refractivity contribution in [3.05, 3.63) is 0 Å². The molecule has 110 valence electrons. The maximum Gasteiger partial charge on any atom is 0.328 e. The highest BCUT2D eigenvalue weighted by molar-refractivity contribution is 5.86. The van der Waals surface area contributed by atoms with Gasteiger partial charge < -0.3 is 14.8 Å². The maximum atomic E-state index is 11.9. The third-order valence-electron chi connectivity index (χ3n) is 3.08. The van der Waals surface area contributed by atoms with E-state index in [0.717, 1.165) is 0 Å². The highest BCUT2D eigenvalue weighted by atomic mass is 16.5. The first kappa shape index (κ1) is 17.4. The van der Waals surface area contributed by atoms with Crippen LogP contribution >= 0.6 is 0 Å². The number of amides is 1. The summed E-state index contributed by atoms with van der Waals surface area (Å²) in [6, 6.07) is -0.821. The van der Waals surface area contributed by atoms with Crippen LogP contribution in [0.15, 0.2) is 0 Å². The van der Waals surface area contributed by atoms with Gasteiger partial charge in [0.25, 0.3) is 0 Å². The van der Waals surface area contributed by atoms with Crippen LogP contribution in [0.3, 0.4) is 0 Å². The zero-order valence-electron chi connectivity index (χ0n) is 12.2.